The molecular weight excluding hydrogens is 365 g/mol. The van der Waals surface area contributed by atoms with Gasteiger partial charge in [-0.2, -0.15) is 8.78 Å². The van der Waals surface area contributed by atoms with Gasteiger partial charge in [0.25, 0.3) is 0 Å². The summed E-state index contributed by atoms with van der Waals surface area (Å²) >= 11 is 0. The summed E-state index contributed by atoms with van der Waals surface area (Å²) in [5.41, 5.74) is 0.733. The first kappa shape index (κ1) is 19.8. The molecule has 0 heterocycles. The van der Waals surface area contributed by atoms with E-state index in [0.29, 0.717) is 10.8 Å². The van der Waals surface area contributed by atoms with Crippen molar-refractivity contribution in [1.29, 1.82) is 0 Å². The highest BCUT2D eigenvalue weighted by atomic mass is 19.3. The number of alkyl halides is 2. The van der Waals surface area contributed by atoms with Crippen molar-refractivity contribution in [3.8, 4) is 11.5 Å². The molecule has 0 spiro atoms. The van der Waals surface area contributed by atoms with E-state index in [0.717, 1.165) is 12.0 Å². The van der Waals surface area contributed by atoms with Gasteiger partial charge in [-0.3, -0.25) is 0 Å². The number of allylic oxidation sites excluding steroid dienone is 1. The smallest absolute Gasteiger partial charge is 0.426 e. The molecule has 0 saturated heterocycles. The summed E-state index contributed by atoms with van der Waals surface area (Å²) in [7, 11) is 0. The van der Waals surface area contributed by atoms with E-state index >= 15 is 0 Å². The fraction of sp³-hybridized carbons (Fsp3) is 0.217. The number of hydrogen-bond donors (Lipinski definition) is 0. The minimum absolute atomic E-state index is 0.0425. The second-order valence-corrected chi connectivity index (χ2v) is 6.34. The van der Waals surface area contributed by atoms with E-state index in [1.54, 1.807) is 36.4 Å². The van der Waals surface area contributed by atoms with Gasteiger partial charge in [0.2, 0.25) is 0 Å². The van der Waals surface area contributed by atoms with Crippen LogP contribution in [0.1, 0.15) is 25.0 Å². The molecule has 0 bridgehead atoms. The third-order valence-corrected chi connectivity index (χ3v) is 4.38. The SMILES string of the molecule is C/C=C/COc1cc2ccc(OC(F)(F)c3ccc(CC)cc3)cc2cc1F. The molecule has 3 rings (SSSR count). The average molecular weight is 386 g/mol. The van der Waals surface area contributed by atoms with Crippen molar-refractivity contribution >= 4 is 10.8 Å². The van der Waals surface area contributed by atoms with Crippen molar-refractivity contribution in [2.75, 3.05) is 6.61 Å². The Bertz CT molecular complexity index is 979. The molecule has 0 radical (unpaired) electrons. The van der Waals surface area contributed by atoms with Crippen LogP contribution in [0.3, 0.4) is 0 Å². The van der Waals surface area contributed by atoms with Crippen molar-refractivity contribution in [3.05, 3.63) is 83.7 Å². The Morgan fingerprint density at radius 2 is 1.71 bits per heavy atom. The quantitative estimate of drug-likeness (QED) is 0.425. The maximum absolute atomic E-state index is 14.5. The van der Waals surface area contributed by atoms with Gasteiger partial charge >= 0.3 is 6.11 Å². The molecule has 0 fully saturated rings. The molecule has 0 unspecified atom stereocenters. The van der Waals surface area contributed by atoms with E-state index < -0.39 is 11.9 Å². The summed E-state index contributed by atoms with van der Waals surface area (Å²) in [4.78, 5) is 0. The zero-order valence-corrected chi connectivity index (χ0v) is 15.7. The van der Waals surface area contributed by atoms with Crippen LogP contribution in [0.2, 0.25) is 0 Å². The van der Waals surface area contributed by atoms with E-state index in [1.807, 2.05) is 13.8 Å². The lowest BCUT2D eigenvalue weighted by molar-refractivity contribution is -0.185. The zero-order chi connectivity index (χ0) is 20.1. The van der Waals surface area contributed by atoms with Crippen molar-refractivity contribution in [2.45, 2.75) is 26.4 Å². The molecule has 28 heavy (non-hydrogen) atoms. The van der Waals surface area contributed by atoms with Gasteiger partial charge in [0, 0.05) is 0 Å². The fourth-order valence-electron chi connectivity index (χ4n) is 2.78. The van der Waals surface area contributed by atoms with Crippen LogP contribution in [0.5, 0.6) is 11.5 Å². The number of benzene rings is 3. The molecule has 146 valence electrons. The Hall–Kier alpha value is -2.95. The van der Waals surface area contributed by atoms with Gasteiger partial charge in [-0.25, -0.2) is 4.39 Å². The molecule has 0 N–H and O–H groups in total. The van der Waals surface area contributed by atoms with Gasteiger partial charge in [0.05, 0.1) is 5.56 Å². The number of hydrogen-bond acceptors (Lipinski definition) is 2. The van der Waals surface area contributed by atoms with E-state index in [9.17, 15) is 13.2 Å². The van der Waals surface area contributed by atoms with Crippen molar-refractivity contribution in [3.63, 3.8) is 0 Å². The van der Waals surface area contributed by atoms with Crippen LogP contribution in [0.4, 0.5) is 13.2 Å². The molecule has 3 aromatic carbocycles. The first-order valence-corrected chi connectivity index (χ1v) is 9.06. The molecule has 0 aliphatic carbocycles. The maximum Gasteiger partial charge on any atom is 0.426 e. The second-order valence-electron chi connectivity index (χ2n) is 6.34. The monoisotopic (exact) mass is 386 g/mol. The Morgan fingerprint density at radius 3 is 2.39 bits per heavy atom. The highest BCUT2D eigenvalue weighted by Crippen LogP contribution is 2.34. The Labute approximate surface area is 162 Å². The zero-order valence-electron chi connectivity index (χ0n) is 15.7. The first-order chi connectivity index (χ1) is 13.4. The fourth-order valence-corrected chi connectivity index (χ4v) is 2.78. The lowest BCUT2D eigenvalue weighted by Gasteiger charge is -2.19. The summed E-state index contributed by atoms with van der Waals surface area (Å²) in [5.74, 6) is -0.490. The highest BCUT2D eigenvalue weighted by Gasteiger charge is 2.34. The number of halogens is 3. The molecule has 0 aliphatic heterocycles. The summed E-state index contributed by atoms with van der Waals surface area (Å²) in [6.07, 6.45) is 0.839. The lowest BCUT2D eigenvalue weighted by Crippen LogP contribution is -2.21. The van der Waals surface area contributed by atoms with Crippen LogP contribution in [0, 0.1) is 5.82 Å². The van der Waals surface area contributed by atoms with Crippen LogP contribution in [0.25, 0.3) is 10.8 Å². The van der Waals surface area contributed by atoms with Gasteiger partial charge in [-0.15, -0.1) is 0 Å². The Morgan fingerprint density at radius 1 is 0.964 bits per heavy atom. The normalized spacial score (nSPS) is 11.9. The largest absolute Gasteiger partial charge is 0.486 e. The van der Waals surface area contributed by atoms with E-state index in [1.165, 1.54) is 30.3 Å². The predicted molar refractivity (Wildman–Crippen MR) is 105 cm³/mol. The summed E-state index contributed by atoms with van der Waals surface area (Å²) in [6, 6.07) is 13.2. The number of aryl methyl sites for hydroxylation is 1. The predicted octanol–water partition coefficient (Wildman–Crippen LogP) is 6.62. The van der Waals surface area contributed by atoms with Crippen molar-refractivity contribution in [2.24, 2.45) is 0 Å². The second kappa shape index (κ2) is 8.38. The van der Waals surface area contributed by atoms with Gasteiger partial charge in [0.15, 0.2) is 11.6 Å². The average Bonchev–Trinajstić information content (AvgIpc) is 2.68. The van der Waals surface area contributed by atoms with Crippen LogP contribution in [0.15, 0.2) is 66.7 Å². The molecular formula is C23H21F3O2. The van der Waals surface area contributed by atoms with Gasteiger partial charge in [-0.05, 0) is 66.1 Å². The topological polar surface area (TPSA) is 18.5 Å². The Kier molecular flexibility index (Phi) is 5.93. The third-order valence-electron chi connectivity index (χ3n) is 4.38. The van der Waals surface area contributed by atoms with E-state index in [-0.39, 0.29) is 23.7 Å². The van der Waals surface area contributed by atoms with Gasteiger partial charge in [0.1, 0.15) is 12.4 Å². The van der Waals surface area contributed by atoms with E-state index in [4.69, 9.17) is 9.47 Å². The molecule has 0 atom stereocenters. The maximum atomic E-state index is 14.5. The van der Waals surface area contributed by atoms with Crippen LogP contribution >= 0.6 is 0 Å². The van der Waals surface area contributed by atoms with Crippen LogP contribution in [-0.2, 0) is 12.5 Å². The molecule has 3 aromatic rings. The number of fused-ring (bicyclic) bond motifs is 1. The van der Waals surface area contributed by atoms with Crippen molar-refractivity contribution in [1.82, 2.24) is 0 Å². The van der Waals surface area contributed by atoms with Gasteiger partial charge < -0.3 is 9.47 Å². The summed E-state index contributed by atoms with van der Waals surface area (Å²) in [5, 5.41) is 1.12. The molecule has 5 heteroatoms. The molecule has 0 aliphatic rings. The minimum atomic E-state index is -3.49. The van der Waals surface area contributed by atoms with Crippen molar-refractivity contribution < 1.29 is 22.6 Å². The first-order valence-electron chi connectivity index (χ1n) is 9.06. The van der Waals surface area contributed by atoms with E-state index in [2.05, 4.69) is 0 Å². The van der Waals surface area contributed by atoms with Gasteiger partial charge in [-0.1, -0.05) is 37.3 Å². The van der Waals surface area contributed by atoms with Crippen LogP contribution in [-0.4, -0.2) is 6.61 Å². The summed E-state index contributed by atoms with van der Waals surface area (Å²) in [6.45, 7) is 4.05. The molecule has 0 amide bonds. The Balaban J connectivity index is 1.83. The lowest BCUT2D eigenvalue weighted by atomic mass is 10.1. The minimum Gasteiger partial charge on any atom is -0.486 e. The van der Waals surface area contributed by atoms with Crippen LogP contribution < -0.4 is 9.47 Å². The highest BCUT2D eigenvalue weighted by molar-refractivity contribution is 5.85. The summed E-state index contributed by atoms with van der Waals surface area (Å²) < 4.78 is 53.4. The number of rotatable bonds is 7. The molecule has 2 nitrogen and oxygen atoms in total. The third kappa shape index (κ3) is 4.47. The standard InChI is InChI=1S/C23H21F3O2/c1-3-5-12-27-22-15-17-8-11-20(13-18(17)14-21(22)24)28-23(25,26)19-9-6-16(4-2)7-10-19/h3,5-11,13-15H,4,12H2,1-2H3/b5-3+. The molecule has 0 saturated carbocycles. The molecule has 0 aromatic heterocycles. The number of ether oxygens (including phenoxy) is 2.